The number of primary amides is 1. The monoisotopic (exact) mass is 533 g/mol. The van der Waals surface area contributed by atoms with Gasteiger partial charge in [0.15, 0.2) is 5.78 Å². The molecule has 1 aromatic heterocycles. The Morgan fingerprint density at radius 2 is 1.91 bits per heavy atom. The minimum Gasteiger partial charge on any atom is -0.368 e. The molecule has 0 unspecified atom stereocenters. The Morgan fingerprint density at radius 3 is 2.59 bits per heavy atom. The number of Topliss-reactive ketones (excluding diaryl/α,β-unsaturated/α-hetero) is 2. The summed E-state index contributed by atoms with van der Waals surface area (Å²) in [7, 11) is 0. The molecular formula is C25H29BrFN3O4. The van der Waals surface area contributed by atoms with E-state index in [1.165, 1.54) is 12.1 Å². The average molecular weight is 534 g/mol. The number of halogens is 2. The molecule has 2 fully saturated rings. The maximum absolute atomic E-state index is 13.7. The van der Waals surface area contributed by atoms with Gasteiger partial charge in [-0.05, 0) is 65.7 Å². The quantitative estimate of drug-likeness (QED) is 0.396. The molecule has 182 valence electrons. The van der Waals surface area contributed by atoms with Crippen LogP contribution in [0.3, 0.4) is 0 Å². The minimum atomic E-state index is -0.941. The number of rotatable bonds is 10. The van der Waals surface area contributed by atoms with E-state index in [1.807, 2.05) is 0 Å². The fourth-order valence-electron chi connectivity index (χ4n) is 4.81. The van der Waals surface area contributed by atoms with Crippen LogP contribution in [0.1, 0.15) is 68.3 Å². The van der Waals surface area contributed by atoms with Crippen molar-refractivity contribution in [1.29, 1.82) is 0 Å². The molecule has 2 amide bonds. The Hall–Kier alpha value is -2.55. The molecule has 2 saturated carbocycles. The van der Waals surface area contributed by atoms with Crippen molar-refractivity contribution in [3.05, 3.63) is 34.2 Å². The molecule has 0 spiro atoms. The molecule has 4 rings (SSSR count). The molecule has 2 aromatic rings. The number of H-pyrrole nitrogens is 1. The second-order valence-electron chi connectivity index (χ2n) is 9.65. The topological polar surface area (TPSA) is 122 Å². The molecular weight excluding hydrogens is 505 g/mol. The van der Waals surface area contributed by atoms with Gasteiger partial charge in [0.1, 0.15) is 17.6 Å². The lowest BCUT2D eigenvalue weighted by Gasteiger charge is -2.26. The van der Waals surface area contributed by atoms with E-state index in [0.29, 0.717) is 46.2 Å². The van der Waals surface area contributed by atoms with E-state index in [2.05, 4.69) is 26.2 Å². The Kier molecular flexibility index (Phi) is 7.50. The van der Waals surface area contributed by atoms with E-state index in [0.717, 1.165) is 25.7 Å². The molecule has 0 bridgehead atoms. The summed E-state index contributed by atoms with van der Waals surface area (Å²) in [5, 5.41) is 3.29. The lowest BCUT2D eigenvalue weighted by Crippen LogP contribution is -2.48. The fraction of sp³-hybridized carbons (Fsp3) is 0.520. The molecule has 34 heavy (non-hydrogen) atoms. The van der Waals surface area contributed by atoms with Crippen molar-refractivity contribution in [3.8, 4) is 0 Å². The number of aromatic amines is 1. The van der Waals surface area contributed by atoms with Gasteiger partial charge in [-0.3, -0.25) is 19.2 Å². The molecule has 0 radical (unpaired) electrons. The summed E-state index contributed by atoms with van der Waals surface area (Å²) in [6.07, 6.45) is 5.68. The van der Waals surface area contributed by atoms with Crippen molar-refractivity contribution in [2.24, 2.45) is 23.5 Å². The third-order valence-electron chi connectivity index (χ3n) is 6.92. The molecule has 2 aliphatic carbocycles. The SMILES string of the molecule is NC(=O)[C@H](C[C@@H]1CCCCC1=O)NC(=O)[C@@H](CC(=O)c1cc2cc(F)cc(Br)c2[nH]1)CC1CC1. The molecule has 3 atom stereocenters. The number of carbonyl (C=O) groups excluding carboxylic acids is 4. The summed E-state index contributed by atoms with van der Waals surface area (Å²) >= 11 is 3.30. The number of ketones is 2. The third-order valence-corrected chi connectivity index (χ3v) is 7.55. The summed E-state index contributed by atoms with van der Waals surface area (Å²) in [4.78, 5) is 53.5. The van der Waals surface area contributed by atoms with E-state index in [-0.39, 0.29) is 30.3 Å². The van der Waals surface area contributed by atoms with E-state index >= 15 is 0 Å². The standard InChI is InChI=1S/C25H29BrFN3O4/c26-18-12-17(27)8-15-10-19(29-23(15)18)22(32)11-16(7-13-5-6-13)25(34)30-20(24(28)33)9-14-3-1-2-4-21(14)31/h8,10,12-14,16,20,29H,1-7,9,11H2,(H2,28,33)(H,30,34)/t14-,16+,20-/m0/s1. The van der Waals surface area contributed by atoms with Crippen LogP contribution in [-0.4, -0.2) is 34.4 Å². The van der Waals surface area contributed by atoms with Crippen molar-refractivity contribution in [2.45, 2.75) is 63.8 Å². The smallest absolute Gasteiger partial charge is 0.240 e. The van der Waals surface area contributed by atoms with Crippen molar-refractivity contribution >= 4 is 50.2 Å². The number of nitrogens with two attached hydrogens (primary N) is 1. The highest BCUT2D eigenvalue weighted by Crippen LogP contribution is 2.37. The first-order valence-corrected chi connectivity index (χ1v) is 12.6. The highest BCUT2D eigenvalue weighted by atomic mass is 79.9. The Balaban J connectivity index is 1.46. The summed E-state index contributed by atoms with van der Waals surface area (Å²) in [5.74, 6) is -2.16. The Bertz CT molecular complexity index is 1130. The van der Waals surface area contributed by atoms with Crippen molar-refractivity contribution in [2.75, 3.05) is 0 Å². The molecule has 0 aliphatic heterocycles. The average Bonchev–Trinajstić information content (AvgIpc) is 3.49. The van der Waals surface area contributed by atoms with Gasteiger partial charge in [0.25, 0.3) is 0 Å². The lowest BCUT2D eigenvalue weighted by atomic mass is 9.83. The largest absolute Gasteiger partial charge is 0.368 e. The van der Waals surface area contributed by atoms with Crippen LogP contribution < -0.4 is 11.1 Å². The first-order chi connectivity index (χ1) is 16.2. The number of carbonyl (C=O) groups is 4. The first-order valence-electron chi connectivity index (χ1n) is 11.8. The Labute approximate surface area is 205 Å². The van der Waals surface area contributed by atoms with Crippen molar-refractivity contribution in [3.63, 3.8) is 0 Å². The zero-order valence-corrected chi connectivity index (χ0v) is 20.5. The second kappa shape index (κ2) is 10.4. The van der Waals surface area contributed by atoms with Crippen LogP contribution in [-0.2, 0) is 14.4 Å². The van der Waals surface area contributed by atoms with Gasteiger partial charge < -0.3 is 16.0 Å². The van der Waals surface area contributed by atoms with Gasteiger partial charge in [-0.25, -0.2) is 4.39 Å². The minimum absolute atomic E-state index is 0.0386. The van der Waals surface area contributed by atoms with Crippen molar-refractivity contribution < 1.29 is 23.6 Å². The van der Waals surface area contributed by atoms with Gasteiger partial charge in [0.05, 0.1) is 11.2 Å². The summed E-state index contributed by atoms with van der Waals surface area (Å²) in [6, 6.07) is 3.30. The van der Waals surface area contributed by atoms with Crippen LogP contribution in [0.25, 0.3) is 10.9 Å². The predicted octanol–water partition coefficient (Wildman–Crippen LogP) is 4.18. The van der Waals surface area contributed by atoms with Crippen LogP contribution in [0.15, 0.2) is 22.7 Å². The predicted molar refractivity (Wildman–Crippen MR) is 128 cm³/mol. The zero-order valence-electron chi connectivity index (χ0n) is 18.9. The number of hydrogen-bond acceptors (Lipinski definition) is 4. The summed E-state index contributed by atoms with van der Waals surface area (Å²) < 4.78 is 14.2. The molecule has 1 heterocycles. The van der Waals surface area contributed by atoms with Gasteiger partial charge in [-0.15, -0.1) is 0 Å². The number of amides is 2. The highest BCUT2D eigenvalue weighted by Gasteiger charge is 2.34. The van der Waals surface area contributed by atoms with Gasteiger partial charge in [0.2, 0.25) is 11.8 Å². The Morgan fingerprint density at radius 1 is 1.15 bits per heavy atom. The molecule has 9 heteroatoms. The van der Waals surface area contributed by atoms with E-state index < -0.39 is 29.6 Å². The summed E-state index contributed by atoms with van der Waals surface area (Å²) in [6.45, 7) is 0. The van der Waals surface area contributed by atoms with Gasteiger partial charge in [-0.1, -0.05) is 19.3 Å². The molecule has 0 saturated heterocycles. The fourth-order valence-corrected chi connectivity index (χ4v) is 5.36. The van der Waals surface area contributed by atoms with E-state index in [4.69, 9.17) is 5.73 Å². The number of hydrogen-bond donors (Lipinski definition) is 3. The van der Waals surface area contributed by atoms with Gasteiger partial charge in [0, 0.05) is 34.5 Å². The molecule has 2 aliphatic rings. The maximum Gasteiger partial charge on any atom is 0.240 e. The van der Waals surface area contributed by atoms with Crippen molar-refractivity contribution in [1.82, 2.24) is 10.3 Å². The molecule has 4 N–H and O–H groups in total. The van der Waals surface area contributed by atoms with Crippen LogP contribution in [0, 0.1) is 23.6 Å². The number of fused-ring (bicyclic) bond motifs is 1. The van der Waals surface area contributed by atoms with Crippen LogP contribution >= 0.6 is 15.9 Å². The summed E-state index contributed by atoms with van der Waals surface area (Å²) in [5.41, 5.74) is 6.46. The van der Waals surface area contributed by atoms with Crippen LogP contribution in [0.5, 0.6) is 0 Å². The number of nitrogens with one attached hydrogen (secondary N) is 2. The first kappa shape index (κ1) is 24.6. The number of aromatic nitrogens is 1. The maximum atomic E-state index is 13.7. The lowest BCUT2D eigenvalue weighted by molar-refractivity contribution is -0.132. The molecule has 7 nitrogen and oxygen atoms in total. The normalized spacial score (nSPS) is 20.2. The molecule has 1 aromatic carbocycles. The zero-order chi connectivity index (χ0) is 24.4. The van der Waals surface area contributed by atoms with Gasteiger partial charge in [-0.2, -0.15) is 0 Å². The van der Waals surface area contributed by atoms with E-state index in [1.54, 1.807) is 6.07 Å². The van der Waals surface area contributed by atoms with Crippen LogP contribution in [0.2, 0.25) is 0 Å². The number of benzene rings is 1. The van der Waals surface area contributed by atoms with Crippen LogP contribution in [0.4, 0.5) is 4.39 Å². The third kappa shape index (κ3) is 5.92. The second-order valence-corrected chi connectivity index (χ2v) is 10.5. The van der Waals surface area contributed by atoms with Gasteiger partial charge >= 0.3 is 0 Å². The highest BCUT2D eigenvalue weighted by molar-refractivity contribution is 9.10. The van der Waals surface area contributed by atoms with E-state index in [9.17, 15) is 23.6 Å².